The molecule has 1 aromatic heterocycles. The molecule has 1 saturated heterocycles. The summed E-state index contributed by atoms with van der Waals surface area (Å²) in [7, 11) is -1.68. The SMILES string of the molecule is CC(C)CC(NC(=O)CCC(=O)C1CCN1c1ncc(F)cc1F)B(O)O. The number of Topliss-reactive ketones (excluding diaryl/α,β-unsaturated/α-hetero) is 1. The van der Waals surface area contributed by atoms with Crippen molar-refractivity contribution in [2.24, 2.45) is 5.92 Å². The van der Waals surface area contributed by atoms with Gasteiger partial charge in [0.2, 0.25) is 5.91 Å². The van der Waals surface area contributed by atoms with Crippen LogP contribution >= 0.6 is 0 Å². The Morgan fingerprint density at radius 2 is 2.07 bits per heavy atom. The van der Waals surface area contributed by atoms with Gasteiger partial charge >= 0.3 is 7.12 Å². The van der Waals surface area contributed by atoms with Gasteiger partial charge in [-0.3, -0.25) is 9.59 Å². The van der Waals surface area contributed by atoms with Crippen molar-refractivity contribution in [3.05, 3.63) is 23.9 Å². The molecular weight excluding hydrogens is 359 g/mol. The maximum absolute atomic E-state index is 13.8. The lowest BCUT2D eigenvalue weighted by Gasteiger charge is -2.40. The van der Waals surface area contributed by atoms with Crippen molar-refractivity contribution < 1.29 is 28.4 Å². The average molecular weight is 383 g/mol. The molecule has 0 radical (unpaired) electrons. The number of carbonyl (C=O) groups excluding carboxylic acids is 2. The fraction of sp³-hybridized carbons (Fsp3) is 0.588. The quantitative estimate of drug-likeness (QED) is 0.546. The molecule has 10 heteroatoms. The van der Waals surface area contributed by atoms with Gasteiger partial charge in [0.25, 0.3) is 0 Å². The topological polar surface area (TPSA) is 103 Å². The second-order valence-electron chi connectivity index (χ2n) is 7.14. The zero-order chi connectivity index (χ0) is 20.1. The summed E-state index contributed by atoms with van der Waals surface area (Å²) in [4.78, 5) is 29.5. The zero-order valence-corrected chi connectivity index (χ0v) is 15.4. The molecule has 0 spiro atoms. The largest absolute Gasteiger partial charge is 0.475 e. The number of halogens is 2. The molecule has 2 heterocycles. The summed E-state index contributed by atoms with van der Waals surface area (Å²) in [5.74, 6) is -3.06. The van der Waals surface area contributed by atoms with Gasteiger partial charge in [-0.25, -0.2) is 13.8 Å². The van der Waals surface area contributed by atoms with E-state index in [9.17, 15) is 28.4 Å². The fourth-order valence-corrected chi connectivity index (χ4v) is 3.04. The van der Waals surface area contributed by atoms with Crippen LogP contribution in [0.1, 0.15) is 39.5 Å². The lowest BCUT2D eigenvalue weighted by Crippen LogP contribution is -2.53. The summed E-state index contributed by atoms with van der Waals surface area (Å²) in [5, 5.41) is 21.2. The van der Waals surface area contributed by atoms with Gasteiger partial charge in [-0.15, -0.1) is 0 Å². The maximum Gasteiger partial charge on any atom is 0.475 e. The van der Waals surface area contributed by atoms with E-state index >= 15 is 0 Å². The van der Waals surface area contributed by atoms with Crippen molar-refractivity contribution in [2.75, 3.05) is 11.4 Å². The van der Waals surface area contributed by atoms with Crippen LogP contribution in [0.3, 0.4) is 0 Å². The van der Waals surface area contributed by atoms with Crippen LogP contribution in [0.25, 0.3) is 0 Å². The second kappa shape index (κ2) is 9.23. The Labute approximate surface area is 156 Å². The Morgan fingerprint density at radius 3 is 2.59 bits per heavy atom. The first-order valence-corrected chi connectivity index (χ1v) is 8.95. The Hall–Kier alpha value is -2.07. The van der Waals surface area contributed by atoms with Crippen LogP contribution in [0.4, 0.5) is 14.6 Å². The van der Waals surface area contributed by atoms with Crippen LogP contribution in [-0.4, -0.2) is 52.4 Å². The van der Waals surface area contributed by atoms with Gasteiger partial charge in [0.15, 0.2) is 17.4 Å². The van der Waals surface area contributed by atoms with E-state index in [1.54, 1.807) is 0 Å². The second-order valence-corrected chi connectivity index (χ2v) is 7.14. The van der Waals surface area contributed by atoms with E-state index < -0.39 is 36.6 Å². The van der Waals surface area contributed by atoms with E-state index in [1.165, 1.54) is 4.90 Å². The van der Waals surface area contributed by atoms with Crippen LogP contribution < -0.4 is 10.2 Å². The first kappa shape index (κ1) is 21.2. The van der Waals surface area contributed by atoms with Gasteiger partial charge < -0.3 is 20.3 Å². The first-order chi connectivity index (χ1) is 12.7. The number of hydrogen-bond acceptors (Lipinski definition) is 6. The summed E-state index contributed by atoms with van der Waals surface area (Å²) in [6, 6.07) is 0.116. The molecular formula is C17H24BF2N3O4. The minimum absolute atomic E-state index is 0.0638. The van der Waals surface area contributed by atoms with E-state index in [4.69, 9.17) is 0 Å². The summed E-state index contributed by atoms with van der Waals surface area (Å²) in [5.41, 5.74) is 0. The fourth-order valence-electron chi connectivity index (χ4n) is 3.04. The molecule has 0 aliphatic carbocycles. The molecule has 3 N–H and O–H groups in total. The molecule has 2 rings (SSSR count). The molecule has 1 aromatic rings. The number of ketones is 1. The zero-order valence-electron chi connectivity index (χ0n) is 15.4. The molecule has 1 amide bonds. The maximum atomic E-state index is 13.8. The summed E-state index contributed by atoms with van der Waals surface area (Å²) in [6.07, 6.45) is 1.61. The Balaban J connectivity index is 1.87. The van der Waals surface area contributed by atoms with Gasteiger partial charge in [-0.05, 0) is 18.8 Å². The van der Waals surface area contributed by atoms with Crippen LogP contribution in [0.2, 0.25) is 0 Å². The van der Waals surface area contributed by atoms with Gasteiger partial charge in [-0.1, -0.05) is 13.8 Å². The molecule has 2 unspecified atom stereocenters. The Kier molecular flexibility index (Phi) is 7.26. The molecule has 0 bridgehead atoms. The highest BCUT2D eigenvalue weighted by atomic mass is 19.1. The molecule has 1 aliphatic heterocycles. The molecule has 7 nitrogen and oxygen atoms in total. The van der Waals surface area contributed by atoms with Gasteiger partial charge in [0, 0.05) is 25.5 Å². The van der Waals surface area contributed by atoms with Crippen molar-refractivity contribution >= 4 is 24.6 Å². The lowest BCUT2D eigenvalue weighted by atomic mass is 9.75. The normalized spacial score (nSPS) is 17.4. The average Bonchev–Trinajstić information content (AvgIpc) is 2.53. The van der Waals surface area contributed by atoms with Crippen molar-refractivity contribution in [2.45, 2.75) is 51.5 Å². The van der Waals surface area contributed by atoms with Crippen LogP contribution in [0, 0.1) is 17.6 Å². The number of pyridine rings is 1. The molecule has 1 fully saturated rings. The third kappa shape index (κ3) is 5.70. The van der Waals surface area contributed by atoms with E-state index in [0.29, 0.717) is 25.5 Å². The monoisotopic (exact) mass is 383 g/mol. The molecule has 148 valence electrons. The minimum Gasteiger partial charge on any atom is -0.426 e. The number of carbonyl (C=O) groups is 2. The van der Waals surface area contributed by atoms with E-state index in [1.807, 2.05) is 13.8 Å². The van der Waals surface area contributed by atoms with E-state index in [2.05, 4.69) is 10.3 Å². The van der Waals surface area contributed by atoms with Crippen molar-refractivity contribution in [1.82, 2.24) is 10.3 Å². The molecule has 1 aliphatic rings. The predicted octanol–water partition coefficient (Wildman–Crippen LogP) is 0.831. The van der Waals surface area contributed by atoms with Crippen molar-refractivity contribution in [3.63, 3.8) is 0 Å². The highest BCUT2D eigenvalue weighted by Crippen LogP contribution is 2.28. The van der Waals surface area contributed by atoms with Gasteiger partial charge in [0.1, 0.15) is 5.82 Å². The Bertz CT molecular complexity index is 690. The van der Waals surface area contributed by atoms with Gasteiger partial charge in [0.05, 0.1) is 18.2 Å². The lowest BCUT2D eigenvalue weighted by molar-refractivity contribution is -0.126. The smallest absolute Gasteiger partial charge is 0.426 e. The van der Waals surface area contributed by atoms with Crippen LogP contribution in [0.15, 0.2) is 12.3 Å². The van der Waals surface area contributed by atoms with Crippen LogP contribution in [0.5, 0.6) is 0 Å². The van der Waals surface area contributed by atoms with Crippen molar-refractivity contribution in [3.8, 4) is 0 Å². The Morgan fingerprint density at radius 1 is 1.37 bits per heavy atom. The highest BCUT2D eigenvalue weighted by Gasteiger charge is 2.36. The number of nitrogens with one attached hydrogen (secondary N) is 1. The number of aromatic nitrogens is 1. The summed E-state index contributed by atoms with van der Waals surface area (Å²) in [6.45, 7) is 4.20. The number of hydrogen-bond donors (Lipinski definition) is 3. The number of anilines is 1. The molecule has 0 aromatic carbocycles. The van der Waals surface area contributed by atoms with E-state index in [-0.39, 0.29) is 30.4 Å². The number of rotatable bonds is 9. The molecule has 0 saturated carbocycles. The van der Waals surface area contributed by atoms with Crippen molar-refractivity contribution in [1.29, 1.82) is 0 Å². The first-order valence-electron chi connectivity index (χ1n) is 8.95. The molecule has 27 heavy (non-hydrogen) atoms. The summed E-state index contributed by atoms with van der Waals surface area (Å²) >= 11 is 0. The van der Waals surface area contributed by atoms with Crippen LogP contribution in [-0.2, 0) is 9.59 Å². The van der Waals surface area contributed by atoms with E-state index in [0.717, 1.165) is 6.20 Å². The number of nitrogens with zero attached hydrogens (tertiary/aromatic N) is 2. The van der Waals surface area contributed by atoms with Gasteiger partial charge in [-0.2, -0.15) is 0 Å². The molecule has 2 atom stereocenters. The number of amides is 1. The third-order valence-electron chi connectivity index (χ3n) is 4.48. The summed E-state index contributed by atoms with van der Waals surface area (Å²) < 4.78 is 26.8. The highest BCUT2D eigenvalue weighted by molar-refractivity contribution is 6.43. The third-order valence-corrected chi connectivity index (χ3v) is 4.48. The standard InChI is InChI=1S/C17H24BF2N3O4/c1-10(2)7-15(18(26)27)22-16(25)4-3-14(24)13-5-6-23(13)17-12(20)8-11(19)9-21-17/h8-10,13,15,26-27H,3-7H2,1-2H3,(H,22,25). The predicted molar refractivity (Wildman–Crippen MR) is 95.7 cm³/mol. The minimum atomic E-state index is -1.68.